The zero-order valence-corrected chi connectivity index (χ0v) is 8.15. The number of benzene rings is 1. The molecule has 0 aliphatic rings. The molecular weight excluding hydrogens is 174 g/mol. The molecule has 1 aromatic carbocycles. The van der Waals surface area contributed by atoms with Crippen molar-refractivity contribution >= 4 is 34.7 Å². The molecule has 5 heteroatoms. The summed E-state index contributed by atoms with van der Waals surface area (Å²) in [7, 11) is 0. The summed E-state index contributed by atoms with van der Waals surface area (Å²) < 4.78 is 0. The van der Waals surface area contributed by atoms with Crippen molar-refractivity contribution in [1.29, 1.82) is 0 Å². The summed E-state index contributed by atoms with van der Waals surface area (Å²) in [4.78, 5) is 0. The Morgan fingerprint density at radius 1 is 0.364 bits per heavy atom. The van der Waals surface area contributed by atoms with Crippen molar-refractivity contribution in [2.45, 2.75) is 0 Å². The van der Waals surface area contributed by atoms with Gasteiger partial charge < -0.3 is 16.4 Å². The molecule has 11 heavy (non-hydrogen) atoms. The topological polar surface area (TPSA) is 85.5 Å². The van der Waals surface area contributed by atoms with Gasteiger partial charge in [0.1, 0.15) is 0 Å². The van der Waals surface area contributed by atoms with Gasteiger partial charge in [0.2, 0.25) is 0 Å². The third-order valence-electron chi connectivity index (χ3n) is 0.667. The van der Waals surface area contributed by atoms with Crippen LogP contribution in [0.25, 0.3) is 0 Å². The molecule has 0 amide bonds. The van der Waals surface area contributed by atoms with Gasteiger partial charge in [-0.3, -0.25) is 0 Å². The molecule has 0 N–H and O–H groups in total. The van der Waals surface area contributed by atoms with Crippen LogP contribution in [0.15, 0.2) is 36.4 Å². The van der Waals surface area contributed by atoms with E-state index in [9.17, 15) is 0 Å². The van der Waals surface area contributed by atoms with Crippen LogP contribution in [0, 0.1) is 0 Å². The van der Waals surface area contributed by atoms with Gasteiger partial charge >= 0.3 is 34.7 Å². The minimum absolute atomic E-state index is 0. The second-order valence-electron chi connectivity index (χ2n) is 1.15. The van der Waals surface area contributed by atoms with E-state index in [0.717, 1.165) is 0 Å². The van der Waals surface area contributed by atoms with E-state index in [1.54, 1.807) is 0 Å². The third kappa shape index (κ3) is 17.8. The summed E-state index contributed by atoms with van der Waals surface area (Å²) in [5.41, 5.74) is 0. The van der Waals surface area contributed by atoms with Crippen LogP contribution in [0.5, 0.6) is 0 Å². The predicted molar refractivity (Wildman–Crippen MR) is 40.0 cm³/mol. The van der Waals surface area contributed by atoms with E-state index in [0.29, 0.717) is 0 Å². The van der Waals surface area contributed by atoms with Crippen molar-refractivity contribution in [3.05, 3.63) is 36.4 Å². The zero-order chi connectivity index (χ0) is 4.24. The minimum Gasteiger partial charge on any atom is -2.00 e. The monoisotopic (exact) mass is 180 g/mol. The van der Waals surface area contributed by atoms with Gasteiger partial charge in [0, 0.05) is 0 Å². The van der Waals surface area contributed by atoms with E-state index in [-0.39, 0.29) is 51.2 Å². The van der Waals surface area contributed by atoms with Crippen molar-refractivity contribution in [2.75, 3.05) is 0 Å². The van der Waals surface area contributed by atoms with Gasteiger partial charge in [0.25, 0.3) is 0 Å². The predicted octanol–water partition coefficient (Wildman–Crippen LogP) is 0.569. The zero-order valence-electron chi connectivity index (χ0n) is 5.84. The first-order chi connectivity index (χ1) is 3.00. The second kappa shape index (κ2) is 22.5. The SMILES string of the molecule is [Al+3].[Al+3].[O-2].[O-2].[O-2].c1ccccc1. The van der Waals surface area contributed by atoms with Crippen LogP contribution >= 0.6 is 0 Å². The summed E-state index contributed by atoms with van der Waals surface area (Å²) in [6.45, 7) is 0. The molecule has 1 aromatic rings. The van der Waals surface area contributed by atoms with Crippen LogP contribution < -0.4 is 0 Å². The normalized spacial score (nSPS) is 4.36. The van der Waals surface area contributed by atoms with E-state index in [4.69, 9.17) is 0 Å². The molecular formula is C6H6Al2O3. The largest absolute Gasteiger partial charge is 3.00 e. The first kappa shape index (κ1) is 30.4. The molecule has 0 unspecified atom stereocenters. The Balaban J connectivity index is -0.0000000240. The quantitative estimate of drug-likeness (QED) is 0.522. The second-order valence-corrected chi connectivity index (χ2v) is 1.15. The summed E-state index contributed by atoms with van der Waals surface area (Å²) in [6, 6.07) is 12.0. The molecule has 3 nitrogen and oxygen atoms in total. The molecule has 1 rings (SSSR count). The van der Waals surface area contributed by atoms with Crippen LogP contribution in [-0.2, 0) is 16.4 Å². The molecule has 0 aromatic heterocycles. The van der Waals surface area contributed by atoms with Crippen molar-refractivity contribution < 1.29 is 16.4 Å². The van der Waals surface area contributed by atoms with Gasteiger partial charge in [-0.25, -0.2) is 0 Å². The average molecular weight is 180 g/mol. The number of hydrogen-bond donors (Lipinski definition) is 0. The van der Waals surface area contributed by atoms with Gasteiger partial charge in [-0.2, -0.15) is 0 Å². The van der Waals surface area contributed by atoms with Gasteiger partial charge in [-0.15, -0.1) is 0 Å². The maximum atomic E-state index is 2.00. The van der Waals surface area contributed by atoms with Crippen LogP contribution in [0.1, 0.15) is 0 Å². The molecule has 0 fully saturated rings. The third-order valence-corrected chi connectivity index (χ3v) is 0.667. The Morgan fingerprint density at radius 2 is 0.455 bits per heavy atom. The Morgan fingerprint density at radius 3 is 0.545 bits per heavy atom. The summed E-state index contributed by atoms with van der Waals surface area (Å²) in [5.74, 6) is 0. The summed E-state index contributed by atoms with van der Waals surface area (Å²) >= 11 is 0. The van der Waals surface area contributed by atoms with Crippen LogP contribution in [0.2, 0.25) is 0 Å². The minimum atomic E-state index is 0. The Kier molecular flexibility index (Phi) is 62.0. The van der Waals surface area contributed by atoms with E-state index >= 15 is 0 Å². The molecule has 0 bridgehead atoms. The average Bonchev–Trinajstić information content (AvgIpc) is 1.72. The maximum absolute atomic E-state index is 2.00. The Labute approximate surface area is 87.6 Å². The fourth-order valence-electron chi connectivity index (χ4n) is 0.385. The standard InChI is InChI=1S/C6H6.2Al.3O/c1-2-4-6-5-3-1;;;;;/h1-6H;;;;;/q;2*+3;3*-2. The van der Waals surface area contributed by atoms with E-state index < -0.39 is 0 Å². The molecule has 0 aliphatic heterocycles. The van der Waals surface area contributed by atoms with Crippen molar-refractivity contribution in [1.82, 2.24) is 0 Å². The van der Waals surface area contributed by atoms with Gasteiger partial charge in [-0.05, 0) is 0 Å². The molecule has 0 saturated heterocycles. The molecule has 0 spiro atoms. The number of hydrogen-bond acceptors (Lipinski definition) is 0. The first-order valence-electron chi connectivity index (χ1n) is 2.00. The Hall–Kier alpha value is 0.165. The molecule has 0 saturated carbocycles. The smallest absolute Gasteiger partial charge is 2.00 e. The number of rotatable bonds is 0. The van der Waals surface area contributed by atoms with Crippen LogP contribution in [-0.4, -0.2) is 34.7 Å². The first-order valence-corrected chi connectivity index (χ1v) is 2.00. The molecule has 0 radical (unpaired) electrons. The van der Waals surface area contributed by atoms with Crippen molar-refractivity contribution in [2.24, 2.45) is 0 Å². The van der Waals surface area contributed by atoms with Gasteiger partial charge in [0.15, 0.2) is 0 Å². The summed E-state index contributed by atoms with van der Waals surface area (Å²) in [6.07, 6.45) is 0. The van der Waals surface area contributed by atoms with Crippen molar-refractivity contribution in [3.63, 3.8) is 0 Å². The van der Waals surface area contributed by atoms with Crippen LogP contribution in [0.3, 0.4) is 0 Å². The molecule has 54 valence electrons. The molecule has 0 atom stereocenters. The van der Waals surface area contributed by atoms with E-state index in [1.807, 2.05) is 36.4 Å². The maximum Gasteiger partial charge on any atom is 3.00 e. The van der Waals surface area contributed by atoms with Crippen LogP contribution in [0.4, 0.5) is 0 Å². The van der Waals surface area contributed by atoms with E-state index in [2.05, 4.69) is 0 Å². The van der Waals surface area contributed by atoms with E-state index in [1.165, 1.54) is 0 Å². The van der Waals surface area contributed by atoms with Crippen molar-refractivity contribution in [3.8, 4) is 0 Å². The Bertz CT molecular complexity index is 87.8. The fraction of sp³-hybridized carbons (Fsp3) is 0. The fourth-order valence-corrected chi connectivity index (χ4v) is 0.385. The summed E-state index contributed by atoms with van der Waals surface area (Å²) in [5, 5.41) is 0. The molecule has 0 heterocycles. The molecule has 0 aliphatic carbocycles. The van der Waals surface area contributed by atoms with Gasteiger partial charge in [0.05, 0.1) is 0 Å². The van der Waals surface area contributed by atoms with Gasteiger partial charge in [-0.1, -0.05) is 36.4 Å².